The van der Waals surface area contributed by atoms with Crippen molar-refractivity contribution < 1.29 is 28.7 Å². The number of hydrogen-bond donors (Lipinski definition) is 4. The number of alkyl carbamates (subject to hydrolysis) is 2. The van der Waals surface area contributed by atoms with Crippen molar-refractivity contribution >= 4 is 73.3 Å². The lowest BCUT2D eigenvalue weighted by Crippen LogP contribution is -2.28. The molecule has 4 N–H and O–H groups in total. The first-order chi connectivity index (χ1) is 23.8. The van der Waals surface area contributed by atoms with Crippen LogP contribution in [0.2, 0.25) is 0 Å². The Balaban J connectivity index is 1.10. The molecule has 0 radical (unpaired) electrons. The molecule has 6 aromatic rings. The summed E-state index contributed by atoms with van der Waals surface area (Å²) < 4.78 is 9.02. The zero-order valence-corrected chi connectivity index (χ0v) is 28.5. The molecule has 0 saturated carbocycles. The van der Waals surface area contributed by atoms with Gasteiger partial charge in [0.15, 0.2) is 11.0 Å². The van der Waals surface area contributed by atoms with Crippen molar-refractivity contribution in [1.29, 1.82) is 0 Å². The summed E-state index contributed by atoms with van der Waals surface area (Å²) in [6.45, 7) is 0.106. The first-order valence-corrected chi connectivity index (χ1v) is 17.2. The summed E-state index contributed by atoms with van der Waals surface area (Å²) in [5, 5.41) is 7.08. The third-order valence-corrected chi connectivity index (χ3v) is 9.61. The molecule has 2 aromatic heterocycles. The van der Waals surface area contributed by atoms with E-state index in [0.29, 0.717) is 11.1 Å². The number of amides is 2. The van der Waals surface area contributed by atoms with E-state index in [1.807, 2.05) is 24.3 Å². The highest BCUT2D eigenvalue weighted by atomic mass is 31.1. The quantitative estimate of drug-likeness (QED) is 0.127. The summed E-state index contributed by atoms with van der Waals surface area (Å²) in [5.41, 5.74) is 8.64. The molecule has 2 atom stereocenters. The molecule has 49 heavy (non-hydrogen) atoms. The Kier molecular flexibility index (Phi) is 10.4. The van der Waals surface area contributed by atoms with Crippen LogP contribution in [0.5, 0.6) is 0 Å². The summed E-state index contributed by atoms with van der Waals surface area (Å²) in [7, 11) is 2.18. The van der Waals surface area contributed by atoms with Crippen molar-refractivity contribution in [2.75, 3.05) is 27.3 Å². The van der Waals surface area contributed by atoms with Crippen LogP contribution in [0.3, 0.4) is 0 Å². The number of methoxy groups -OCH3 is 2. The minimum Gasteiger partial charge on any atom is -0.453 e. The Bertz CT molecular complexity index is 2180. The molecule has 0 aliphatic carbocycles. The number of aromatic nitrogens is 4. The lowest BCUT2D eigenvalue weighted by molar-refractivity contribution is -0.111. The van der Waals surface area contributed by atoms with Gasteiger partial charge in [0.05, 0.1) is 43.7 Å². The highest BCUT2D eigenvalue weighted by Crippen LogP contribution is 2.30. The van der Waals surface area contributed by atoms with Gasteiger partial charge in [-0.3, -0.25) is 9.59 Å². The summed E-state index contributed by atoms with van der Waals surface area (Å²) >= 11 is 0. The average molecular weight is 695 g/mol. The number of imidazole rings is 2. The average Bonchev–Trinajstić information content (AvgIpc) is 3.76. The SMILES string of the molecule is COC(=O)NCCC(=O)Pc1ncc(-c2ccc3cc(-c4ccc(-c5ccc6nc(PC(=O)CNC(=O)OC)[nH]c6c5)cc4)ccc3c2)[nH]1. The predicted molar refractivity (Wildman–Crippen MR) is 193 cm³/mol. The maximum absolute atomic E-state index is 12.3. The van der Waals surface area contributed by atoms with Gasteiger partial charge in [0, 0.05) is 35.7 Å². The second kappa shape index (κ2) is 15.2. The van der Waals surface area contributed by atoms with E-state index in [-0.39, 0.29) is 47.7 Å². The molecule has 0 fully saturated rings. The van der Waals surface area contributed by atoms with E-state index in [4.69, 9.17) is 0 Å². The fraction of sp³-hybridized carbons (Fsp3) is 0.143. The van der Waals surface area contributed by atoms with Gasteiger partial charge in [-0.25, -0.2) is 19.6 Å². The molecule has 2 unspecified atom stereocenters. The molecule has 14 heteroatoms. The summed E-state index contributed by atoms with van der Waals surface area (Å²) in [6.07, 6.45) is 0.734. The summed E-state index contributed by atoms with van der Waals surface area (Å²) in [6, 6.07) is 26.9. The zero-order chi connectivity index (χ0) is 34.3. The molecule has 6 rings (SSSR count). The number of hydrogen-bond acceptors (Lipinski definition) is 8. The Morgan fingerprint density at radius 3 is 1.98 bits per heavy atom. The van der Waals surface area contributed by atoms with Crippen LogP contribution in [-0.2, 0) is 19.1 Å². The topological polar surface area (TPSA) is 168 Å². The van der Waals surface area contributed by atoms with Crippen LogP contribution >= 0.6 is 17.2 Å². The van der Waals surface area contributed by atoms with Gasteiger partial charge in [-0.1, -0.05) is 54.6 Å². The van der Waals surface area contributed by atoms with Crippen molar-refractivity contribution in [2.45, 2.75) is 6.42 Å². The van der Waals surface area contributed by atoms with Crippen molar-refractivity contribution in [1.82, 2.24) is 30.6 Å². The van der Waals surface area contributed by atoms with Crippen LogP contribution in [0.4, 0.5) is 9.59 Å². The van der Waals surface area contributed by atoms with Crippen LogP contribution in [0.1, 0.15) is 6.42 Å². The van der Waals surface area contributed by atoms with Gasteiger partial charge in [0.2, 0.25) is 0 Å². The molecule has 0 aliphatic heterocycles. The molecular weight excluding hydrogens is 662 g/mol. The Morgan fingerprint density at radius 1 is 0.673 bits per heavy atom. The van der Waals surface area contributed by atoms with Gasteiger partial charge in [-0.05, 0) is 57.3 Å². The molecule has 2 heterocycles. The van der Waals surface area contributed by atoms with Gasteiger partial charge >= 0.3 is 12.2 Å². The van der Waals surface area contributed by atoms with E-state index in [1.165, 1.54) is 14.2 Å². The Hall–Kier alpha value is -5.44. The zero-order valence-electron chi connectivity index (χ0n) is 26.5. The number of ether oxygens (including phenoxy) is 2. The number of nitrogens with zero attached hydrogens (tertiary/aromatic N) is 2. The monoisotopic (exact) mass is 694 g/mol. The summed E-state index contributed by atoms with van der Waals surface area (Å²) in [4.78, 5) is 62.3. The van der Waals surface area contributed by atoms with E-state index in [2.05, 4.69) is 94.6 Å². The smallest absolute Gasteiger partial charge is 0.407 e. The number of nitrogens with one attached hydrogen (secondary N) is 4. The summed E-state index contributed by atoms with van der Waals surface area (Å²) in [5.74, 6) is 0. The first-order valence-electron chi connectivity index (χ1n) is 15.2. The number of carbonyl (C=O) groups excluding carboxylic acids is 4. The highest BCUT2D eigenvalue weighted by molar-refractivity contribution is 7.65. The van der Waals surface area contributed by atoms with E-state index in [0.717, 1.165) is 55.3 Å². The number of benzene rings is 4. The van der Waals surface area contributed by atoms with Gasteiger partial charge in [0.1, 0.15) is 11.1 Å². The molecule has 0 spiro atoms. The van der Waals surface area contributed by atoms with Gasteiger partial charge in [0.25, 0.3) is 0 Å². The molecule has 0 bridgehead atoms. The minimum atomic E-state index is -0.646. The van der Waals surface area contributed by atoms with E-state index in [9.17, 15) is 19.2 Å². The number of H-pyrrole nitrogens is 2. The maximum atomic E-state index is 12.3. The first kappa shape index (κ1) is 33.5. The van der Waals surface area contributed by atoms with E-state index < -0.39 is 12.2 Å². The van der Waals surface area contributed by atoms with Crippen molar-refractivity contribution in [3.63, 3.8) is 0 Å². The molecule has 12 nitrogen and oxygen atoms in total. The number of aromatic amines is 2. The van der Waals surface area contributed by atoms with Gasteiger partial charge < -0.3 is 30.1 Å². The standard InChI is InChI=1S/C35H32N6O6P2/c1-46-34(44)36-14-13-30(42)48-32-37-18-29(41-32)26-10-9-23-15-22(7-8-24(23)16-26)20-3-5-21(6-4-20)25-11-12-27-28(17-25)40-33(39-27)49-31(43)19-38-35(45)47-2/h3-12,15-18,48-49H,13-14,19H2,1-2H3,(H,36,44)(H,37,41)(H,38,45)(H,39,40). The Labute approximate surface area is 284 Å². The second-order valence-electron chi connectivity index (χ2n) is 10.9. The highest BCUT2D eigenvalue weighted by Gasteiger charge is 2.13. The number of rotatable bonds is 12. The third kappa shape index (κ3) is 8.35. The molecule has 0 aliphatic rings. The lowest BCUT2D eigenvalue weighted by atomic mass is 9.97. The fourth-order valence-electron chi connectivity index (χ4n) is 5.17. The van der Waals surface area contributed by atoms with Crippen LogP contribution in [-0.4, -0.2) is 70.5 Å². The van der Waals surface area contributed by atoms with Crippen LogP contribution in [0.25, 0.3) is 55.3 Å². The van der Waals surface area contributed by atoms with Crippen LogP contribution in [0.15, 0.2) is 85.1 Å². The van der Waals surface area contributed by atoms with Crippen molar-refractivity contribution in [3.05, 3.63) is 85.1 Å². The molecule has 4 aromatic carbocycles. The minimum absolute atomic E-state index is 0.0113. The van der Waals surface area contributed by atoms with Gasteiger partial charge in [-0.2, -0.15) is 0 Å². The molecule has 2 amide bonds. The lowest BCUT2D eigenvalue weighted by Gasteiger charge is -2.08. The van der Waals surface area contributed by atoms with Crippen LogP contribution < -0.4 is 21.8 Å². The molecule has 248 valence electrons. The maximum Gasteiger partial charge on any atom is 0.407 e. The van der Waals surface area contributed by atoms with Crippen LogP contribution in [0, 0.1) is 0 Å². The number of carbonyl (C=O) groups is 4. The fourth-order valence-corrected chi connectivity index (χ4v) is 6.83. The molecule has 0 saturated heterocycles. The normalized spacial score (nSPS) is 11.5. The molecular formula is C35H32N6O6P2. The Morgan fingerprint density at radius 2 is 1.27 bits per heavy atom. The predicted octanol–water partition coefficient (Wildman–Crippen LogP) is 5.20. The second-order valence-corrected chi connectivity index (χ2v) is 13.5. The largest absolute Gasteiger partial charge is 0.453 e. The van der Waals surface area contributed by atoms with Crippen molar-refractivity contribution in [3.8, 4) is 33.5 Å². The third-order valence-electron chi connectivity index (χ3n) is 7.66. The van der Waals surface area contributed by atoms with E-state index >= 15 is 0 Å². The van der Waals surface area contributed by atoms with Gasteiger partial charge in [-0.15, -0.1) is 0 Å². The van der Waals surface area contributed by atoms with E-state index in [1.54, 1.807) is 6.20 Å². The van der Waals surface area contributed by atoms with Crippen molar-refractivity contribution in [2.24, 2.45) is 0 Å². The number of fused-ring (bicyclic) bond motifs is 2.